The lowest BCUT2D eigenvalue weighted by Gasteiger charge is -1.99. The fourth-order valence-corrected chi connectivity index (χ4v) is 1.13. The third-order valence-electron chi connectivity index (χ3n) is 1.64. The zero-order valence-corrected chi connectivity index (χ0v) is 7.74. The molecule has 2 aromatic rings. The molecule has 0 bridgehead atoms. The zero-order chi connectivity index (χ0) is 10.1. The van der Waals surface area contributed by atoms with Crippen molar-refractivity contribution in [3.63, 3.8) is 0 Å². The molecule has 0 aliphatic heterocycles. The van der Waals surface area contributed by atoms with E-state index < -0.39 is 5.82 Å². The molecule has 0 spiro atoms. The molecule has 0 atom stereocenters. The Labute approximate surface area is 84.1 Å². The fraction of sp³-hybridized carbons (Fsp3) is 0. The van der Waals surface area contributed by atoms with Gasteiger partial charge in [-0.25, -0.2) is 4.39 Å². The summed E-state index contributed by atoms with van der Waals surface area (Å²) in [4.78, 5) is 1.23. The predicted molar refractivity (Wildman–Crippen MR) is 50.7 cm³/mol. The third-order valence-corrected chi connectivity index (χ3v) is 1.95. The molecule has 6 heteroatoms. The minimum Gasteiger partial charge on any atom is -0.381 e. The zero-order valence-electron chi connectivity index (χ0n) is 6.98. The van der Waals surface area contributed by atoms with E-state index in [0.717, 1.165) is 0 Å². The lowest BCUT2D eigenvalue weighted by molar-refractivity contribution is 0.623. The quantitative estimate of drug-likeness (QED) is 0.782. The van der Waals surface area contributed by atoms with E-state index in [1.807, 2.05) is 0 Å². The maximum atomic E-state index is 13.0. The molecular formula is C8H6ClFN4. The van der Waals surface area contributed by atoms with Gasteiger partial charge in [-0.2, -0.15) is 5.10 Å². The second-order valence-corrected chi connectivity index (χ2v) is 3.06. The first-order chi connectivity index (χ1) is 6.66. The Morgan fingerprint density at radius 2 is 2.21 bits per heavy atom. The Hall–Kier alpha value is -1.62. The maximum Gasteiger partial charge on any atom is 0.166 e. The number of hydrogen-bond acceptors (Lipinski definition) is 3. The highest BCUT2D eigenvalue weighted by Gasteiger charge is 2.04. The molecule has 0 saturated heterocycles. The van der Waals surface area contributed by atoms with Crippen LogP contribution in [0.25, 0.3) is 5.69 Å². The highest BCUT2D eigenvalue weighted by atomic mass is 35.5. The molecule has 0 aliphatic rings. The Kier molecular flexibility index (Phi) is 2.09. The van der Waals surface area contributed by atoms with Crippen molar-refractivity contribution < 1.29 is 4.39 Å². The number of hydrogen-bond donors (Lipinski definition) is 1. The lowest BCUT2D eigenvalue weighted by atomic mass is 10.3. The first-order valence-electron chi connectivity index (χ1n) is 3.80. The van der Waals surface area contributed by atoms with E-state index in [2.05, 4.69) is 10.2 Å². The van der Waals surface area contributed by atoms with Crippen LogP contribution in [0.5, 0.6) is 0 Å². The van der Waals surface area contributed by atoms with E-state index in [1.165, 1.54) is 23.1 Å². The summed E-state index contributed by atoms with van der Waals surface area (Å²) < 4.78 is 13.0. The van der Waals surface area contributed by atoms with Crippen LogP contribution < -0.4 is 5.73 Å². The van der Waals surface area contributed by atoms with Gasteiger partial charge < -0.3 is 5.73 Å². The van der Waals surface area contributed by atoms with Crippen LogP contribution in [0.3, 0.4) is 0 Å². The van der Waals surface area contributed by atoms with Crippen LogP contribution in [0.15, 0.2) is 24.4 Å². The van der Waals surface area contributed by atoms with E-state index in [4.69, 9.17) is 17.3 Å². The topological polar surface area (TPSA) is 56.7 Å². The van der Waals surface area contributed by atoms with E-state index in [-0.39, 0.29) is 10.8 Å². The number of halogens is 2. The number of benzene rings is 1. The number of nitrogen functional groups attached to an aromatic ring is 1. The fourth-order valence-electron chi connectivity index (χ4n) is 1.01. The van der Waals surface area contributed by atoms with Gasteiger partial charge in [0.1, 0.15) is 5.82 Å². The normalized spacial score (nSPS) is 10.4. The van der Waals surface area contributed by atoms with Gasteiger partial charge in [-0.05, 0) is 12.1 Å². The third kappa shape index (κ3) is 1.54. The summed E-state index contributed by atoms with van der Waals surface area (Å²) in [6.45, 7) is 0. The summed E-state index contributed by atoms with van der Waals surface area (Å²) in [5, 5.41) is 7.72. The summed E-state index contributed by atoms with van der Waals surface area (Å²) >= 11 is 5.52. The molecule has 0 unspecified atom stereocenters. The van der Waals surface area contributed by atoms with E-state index in [9.17, 15) is 4.39 Å². The first kappa shape index (κ1) is 8.96. The predicted octanol–water partition coefficient (Wildman–Crippen LogP) is 1.64. The summed E-state index contributed by atoms with van der Waals surface area (Å²) in [5.74, 6) is -0.236. The number of nitrogens with zero attached hydrogens (tertiary/aromatic N) is 3. The number of nitrogens with two attached hydrogens (primary N) is 1. The average Bonchev–Trinajstić information content (AvgIpc) is 2.57. The second kappa shape index (κ2) is 3.26. The van der Waals surface area contributed by atoms with Crippen LogP contribution in [0.4, 0.5) is 10.2 Å². The number of anilines is 1. The number of aromatic nitrogens is 3. The van der Waals surface area contributed by atoms with Crippen molar-refractivity contribution in [2.24, 2.45) is 0 Å². The van der Waals surface area contributed by atoms with Crippen molar-refractivity contribution in [2.45, 2.75) is 0 Å². The van der Waals surface area contributed by atoms with Crippen molar-refractivity contribution >= 4 is 17.4 Å². The van der Waals surface area contributed by atoms with E-state index in [1.54, 1.807) is 6.07 Å². The van der Waals surface area contributed by atoms with Crippen LogP contribution in [0.1, 0.15) is 0 Å². The molecule has 14 heavy (non-hydrogen) atoms. The Morgan fingerprint density at radius 3 is 2.79 bits per heavy atom. The van der Waals surface area contributed by atoms with Gasteiger partial charge in [0.2, 0.25) is 0 Å². The van der Waals surface area contributed by atoms with Crippen molar-refractivity contribution in [3.8, 4) is 5.69 Å². The van der Waals surface area contributed by atoms with Gasteiger partial charge in [-0.15, -0.1) is 9.90 Å². The summed E-state index contributed by atoms with van der Waals surface area (Å²) in [5.41, 5.74) is 5.85. The lowest BCUT2D eigenvalue weighted by Crippen LogP contribution is -1.99. The molecule has 72 valence electrons. The molecule has 0 aliphatic carbocycles. The molecule has 1 heterocycles. The van der Waals surface area contributed by atoms with Crippen LogP contribution in [-0.4, -0.2) is 15.0 Å². The van der Waals surface area contributed by atoms with Gasteiger partial charge in [-0.1, -0.05) is 11.6 Å². The molecule has 0 radical (unpaired) electrons. The van der Waals surface area contributed by atoms with Crippen LogP contribution in [-0.2, 0) is 0 Å². The minimum absolute atomic E-state index is 0.0638. The molecule has 0 saturated carbocycles. The van der Waals surface area contributed by atoms with Gasteiger partial charge in [0.05, 0.1) is 16.9 Å². The molecule has 1 aromatic carbocycles. The summed E-state index contributed by atoms with van der Waals surface area (Å²) in [6, 6.07) is 4.28. The average molecular weight is 213 g/mol. The summed E-state index contributed by atoms with van der Waals surface area (Å²) in [7, 11) is 0. The molecule has 0 amide bonds. The molecule has 2 N–H and O–H groups in total. The molecule has 0 fully saturated rings. The van der Waals surface area contributed by atoms with Crippen molar-refractivity contribution in [2.75, 3.05) is 5.73 Å². The van der Waals surface area contributed by atoms with Crippen molar-refractivity contribution in [3.05, 3.63) is 35.2 Å². The smallest absolute Gasteiger partial charge is 0.166 e. The highest BCUT2D eigenvalue weighted by Crippen LogP contribution is 2.17. The summed E-state index contributed by atoms with van der Waals surface area (Å²) in [6.07, 6.45) is 1.38. The van der Waals surface area contributed by atoms with Gasteiger partial charge in [0.25, 0.3) is 0 Å². The Balaban J connectivity index is 2.47. The SMILES string of the molecule is Nc1cnn(-c2ccc(Cl)c(F)c2)n1. The van der Waals surface area contributed by atoms with Crippen LogP contribution in [0.2, 0.25) is 5.02 Å². The number of rotatable bonds is 1. The first-order valence-corrected chi connectivity index (χ1v) is 4.18. The second-order valence-electron chi connectivity index (χ2n) is 2.66. The van der Waals surface area contributed by atoms with Gasteiger partial charge in [-0.3, -0.25) is 0 Å². The standard InChI is InChI=1S/C8H6ClFN4/c9-6-2-1-5(3-7(6)10)14-12-4-8(11)13-14/h1-4H,(H2,11,13). The Bertz CT molecular complexity index is 468. The van der Waals surface area contributed by atoms with Crippen LogP contribution in [0, 0.1) is 5.82 Å². The molecule has 4 nitrogen and oxygen atoms in total. The van der Waals surface area contributed by atoms with E-state index in [0.29, 0.717) is 5.69 Å². The van der Waals surface area contributed by atoms with Crippen LogP contribution >= 0.6 is 11.6 Å². The van der Waals surface area contributed by atoms with Crippen molar-refractivity contribution in [1.29, 1.82) is 0 Å². The maximum absolute atomic E-state index is 13.0. The van der Waals surface area contributed by atoms with E-state index >= 15 is 0 Å². The largest absolute Gasteiger partial charge is 0.381 e. The van der Waals surface area contributed by atoms with Gasteiger partial charge in [0, 0.05) is 6.07 Å². The minimum atomic E-state index is -0.514. The van der Waals surface area contributed by atoms with Crippen molar-refractivity contribution in [1.82, 2.24) is 15.0 Å². The molecule has 1 aromatic heterocycles. The molecule has 2 rings (SSSR count). The van der Waals surface area contributed by atoms with Gasteiger partial charge in [0.15, 0.2) is 5.82 Å². The molecular weight excluding hydrogens is 207 g/mol. The van der Waals surface area contributed by atoms with Gasteiger partial charge >= 0.3 is 0 Å². The highest BCUT2D eigenvalue weighted by molar-refractivity contribution is 6.30. The Morgan fingerprint density at radius 1 is 1.43 bits per heavy atom. The monoisotopic (exact) mass is 212 g/mol.